The molecular formula is C33H10F20N5S6+. The molecule has 0 saturated heterocycles. The first-order valence-electron chi connectivity index (χ1n) is 16.2. The molecule has 2 aliphatic heterocycles. The molecule has 0 N–H and O–H groups in total. The molecule has 1 spiro atoms. The number of aromatic nitrogens is 4. The van der Waals surface area contributed by atoms with Gasteiger partial charge >= 0.3 is 0 Å². The van der Waals surface area contributed by atoms with Crippen molar-refractivity contribution in [3.63, 3.8) is 0 Å². The van der Waals surface area contributed by atoms with Gasteiger partial charge in [-0.2, -0.15) is 0 Å². The Balaban J connectivity index is 0.00000224. The van der Waals surface area contributed by atoms with Crippen LogP contribution in [0.3, 0.4) is 0 Å². The van der Waals surface area contributed by atoms with Crippen LogP contribution >= 0.6 is 72.2 Å². The fourth-order valence-electron chi connectivity index (χ4n) is 5.94. The third kappa shape index (κ3) is 6.60. The molecule has 4 aromatic carbocycles. The van der Waals surface area contributed by atoms with E-state index in [2.05, 4.69) is 0 Å². The van der Waals surface area contributed by atoms with Crippen LogP contribution in [0.1, 0.15) is 19.4 Å². The Morgan fingerprint density at radius 1 is 0.312 bits per heavy atom. The molecule has 64 heavy (non-hydrogen) atoms. The zero-order chi connectivity index (χ0) is 47.0. The summed E-state index contributed by atoms with van der Waals surface area (Å²) in [5, 5.41) is -3.68. The fraction of sp³-hybridized carbons (Fsp3) is 0.0909. The summed E-state index contributed by atoms with van der Waals surface area (Å²) in [5.41, 5.74) is -8.49. The van der Waals surface area contributed by atoms with Gasteiger partial charge in [-0.3, -0.25) is 23.0 Å². The van der Waals surface area contributed by atoms with Crippen LogP contribution in [0.5, 0.6) is 0 Å². The minimum absolute atomic E-state index is 0. The highest BCUT2D eigenvalue weighted by atomic mass is 32.3. The summed E-state index contributed by atoms with van der Waals surface area (Å²) in [5.74, 6) is -49.2. The third-order valence-electron chi connectivity index (χ3n) is 8.66. The molecule has 6 aromatic rings. The van der Waals surface area contributed by atoms with E-state index in [0.29, 0.717) is 6.92 Å². The fourth-order valence-corrected chi connectivity index (χ4v) is 13.3. The predicted octanol–water partition coefficient (Wildman–Crippen LogP) is 14.0. The summed E-state index contributed by atoms with van der Waals surface area (Å²) in [4.78, 5) is 0. The topological polar surface area (TPSA) is 19.7 Å². The smallest absolute Gasteiger partial charge is 0.200 e. The predicted molar refractivity (Wildman–Crippen MR) is 193 cm³/mol. The lowest BCUT2D eigenvalue weighted by Gasteiger charge is -2.20. The highest BCUT2D eigenvalue weighted by Crippen LogP contribution is 2.72. The van der Waals surface area contributed by atoms with Gasteiger partial charge in [0.1, 0.15) is 17.1 Å². The SMILES string of the molecule is CC.Cc1c(F)c(F)c(F)c(F)c1-n1c2c(n(-c3c(F)c(F)c(F)c(F)c3F)c1=S)S[N+]1(S2)Sc2c(n(-c3c(F)c(F)c(F)c(F)c3F)c(=S)n2-c2c(F)c(F)c(F)c(F)c2F)S1.F. The molecule has 0 fully saturated rings. The first-order valence-corrected chi connectivity index (χ1v) is 20.1. The van der Waals surface area contributed by atoms with Crippen molar-refractivity contribution in [3.8, 4) is 22.7 Å². The Labute approximate surface area is 368 Å². The van der Waals surface area contributed by atoms with E-state index in [1.54, 1.807) is 0 Å². The van der Waals surface area contributed by atoms with Gasteiger partial charge in [-0.15, -0.1) is 0 Å². The molecule has 342 valence electrons. The van der Waals surface area contributed by atoms with Crippen molar-refractivity contribution < 1.29 is 90.2 Å². The van der Waals surface area contributed by atoms with Crippen LogP contribution in [0.4, 0.5) is 88.1 Å². The van der Waals surface area contributed by atoms with Gasteiger partial charge < -0.3 is 0 Å². The van der Waals surface area contributed by atoms with Crippen LogP contribution in [0.15, 0.2) is 20.1 Å². The molecule has 4 heterocycles. The van der Waals surface area contributed by atoms with E-state index < -0.39 is 171 Å². The van der Waals surface area contributed by atoms with Gasteiger partial charge in [-0.1, -0.05) is 16.0 Å². The minimum atomic E-state index is -2.74. The number of nitrogens with zero attached hydrogens (tertiary/aromatic N) is 5. The van der Waals surface area contributed by atoms with Crippen molar-refractivity contribution in [1.82, 2.24) is 18.3 Å². The maximum absolute atomic E-state index is 15.6. The highest BCUT2D eigenvalue weighted by molar-refractivity contribution is 8.31. The van der Waals surface area contributed by atoms with Crippen molar-refractivity contribution >= 4 is 72.2 Å². The highest BCUT2D eigenvalue weighted by Gasteiger charge is 2.59. The van der Waals surface area contributed by atoms with Crippen molar-refractivity contribution in [2.45, 2.75) is 40.9 Å². The molecule has 5 nitrogen and oxygen atoms in total. The summed E-state index contributed by atoms with van der Waals surface area (Å²) in [6.07, 6.45) is 0. The van der Waals surface area contributed by atoms with Crippen LogP contribution in [-0.4, -0.2) is 20.4 Å². The zero-order valence-electron chi connectivity index (χ0n) is 30.3. The van der Waals surface area contributed by atoms with Crippen LogP contribution in [0.2, 0.25) is 0 Å². The van der Waals surface area contributed by atoms with Gasteiger partial charge in [0, 0.05) is 5.56 Å². The second-order valence-electron chi connectivity index (χ2n) is 11.9. The van der Waals surface area contributed by atoms with E-state index in [9.17, 15) is 52.7 Å². The molecule has 31 heteroatoms. The van der Waals surface area contributed by atoms with Crippen LogP contribution < -0.4 is 0 Å². The summed E-state index contributed by atoms with van der Waals surface area (Å²) >= 11 is 10.5. The molecule has 0 unspecified atom stereocenters. The van der Waals surface area contributed by atoms with Gasteiger partial charge in [-0.25, -0.2) is 83.4 Å². The lowest BCUT2D eigenvalue weighted by Crippen LogP contribution is -2.17. The lowest BCUT2D eigenvalue weighted by molar-refractivity contribution is -0.268. The van der Waals surface area contributed by atoms with E-state index >= 15 is 30.7 Å². The quantitative estimate of drug-likeness (QED) is 0.0435. The largest absolute Gasteiger partial charge is 0.270 e. The number of hydrogen-bond donors (Lipinski definition) is 0. The van der Waals surface area contributed by atoms with E-state index in [4.69, 9.17) is 24.4 Å². The first-order chi connectivity index (χ1) is 29.4. The Morgan fingerprint density at radius 3 is 0.719 bits per heavy atom. The normalized spacial score (nSPS) is 13.7. The van der Waals surface area contributed by atoms with Crippen LogP contribution in [-0.2, 0) is 0 Å². The third-order valence-corrected chi connectivity index (χ3v) is 15.4. The Bertz CT molecular complexity index is 2650. The van der Waals surface area contributed by atoms with Crippen molar-refractivity contribution in [2.75, 3.05) is 0 Å². The van der Waals surface area contributed by atoms with E-state index in [1.165, 1.54) is 0 Å². The van der Waals surface area contributed by atoms with Crippen LogP contribution in [0, 0.1) is 127 Å². The second kappa shape index (κ2) is 16.8. The summed E-state index contributed by atoms with van der Waals surface area (Å²) in [6, 6.07) is 0. The van der Waals surface area contributed by atoms with Crippen molar-refractivity contribution in [2.24, 2.45) is 0 Å². The molecule has 2 aliphatic rings. The number of benzene rings is 4. The zero-order valence-corrected chi connectivity index (χ0v) is 35.2. The summed E-state index contributed by atoms with van der Waals surface area (Å²) in [7, 11) is 0. The van der Waals surface area contributed by atoms with Crippen molar-refractivity contribution in [1.29, 1.82) is 0 Å². The average Bonchev–Trinajstić information content (AvgIpc) is 3.95. The van der Waals surface area contributed by atoms with Gasteiger partial charge in [-0.05, 0) is 31.4 Å². The number of imidazole rings is 2. The monoisotopic (exact) mass is 1050 g/mol. The number of halogens is 20. The summed E-state index contributed by atoms with van der Waals surface area (Å²) in [6.45, 7) is 4.62. The van der Waals surface area contributed by atoms with Gasteiger partial charge in [0.2, 0.25) is 17.5 Å². The molecule has 0 saturated carbocycles. The number of hydrogen-bond acceptors (Lipinski definition) is 6. The average molecular weight is 1050 g/mol. The molecule has 0 aliphatic carbocycles. The summed E-state index contributed by atoms with van der Waals surface area (Å²) < 4.78 is 278. The molecule has 0 atom stereocenters. The number of quaternary nitrogens is 1. The van der Waals surface area contributed by atoms with Gasteiger partial charge in [0.25, 0.3) is 0 Å². The number of fused-ring (bicyclic) bond motifs is 2. The van der Waals surface area contributed by atoms with Crippen molar-refractivity contribution in [3.05, 3.63) is 126 Å². The molecule has 8 rings (SSSR count). The molecule has 2 aromatic heterocycles. The minimum Gasteiger partial charge on any atom is -0.270 e. The number of rotatable bonds is 4. The van der Waals surface area contributed by atoms with Gasteiger partial charge in [0.05, 0.1) is 5.69 Å². The lowest BCUT2D eigenvalue weighted by atomic mass is 10.1. The van der Waals surface area contributed by atoms with E-state index in [-0.39, 0.29) is 70.8 Å². The Hall–Kier alpha value is -4.30. The van der Waals surface area contributed by atoms with Gasteiger partial charge in [0.15, 0.2) is 171 Å². The van der Waals surface area contributed by atoms with E-state index in [1.807, 2.05) is 13.8 Å². The Kier molecular flexibility index (Phi) is 12.9. The van der Waals surface area contributed by atoms with Crippen LogP contribution in [0.25, 0.3) is 22.7 Å². The maximum Gasteiger partial charge on any atom is 0.200 e. The standard InChI is InChI=1S/C31H3F19N5S6.C2H6.FH/c1-2-3(32)4(33)8(37)15(44)22(2)51-26-27(52(30(51)56)23-16(45)9(38)5(34)10(39)17(23)46)59-55(58-26)60-28-29(61-55)54(25-20(49)13(42)7(36)14(43)21(25)50)31(57)53(28)24-18(47)11(40)6(35)12(41)19(24)48;1-2;/h1H3;1-2H3;1H/q+1;;. The molecule has 0 amide bonds. The molecular weight excluding hydrogens is 1040 g/mol. The first kappa shape index (κ1) is 49.1. The molecule has 0 radical (unpaired) electrons. The maximum atomic E-state index is 15.6. The van der Waals surface area contributed by atoms with E-state index in [0.717, 1.165) is 0 Å². The molecule has 0 bridgehead atoms. The Morgan fingerprint density at radius 2 is 0.484 bits per heavy atom. The second-order valence-corrected chi connectivity index (χ2v) is 18.5.